The Labute approximate surface area is 173 Å². The summed E-state index contributed by atoms with van der Waals surface area (Å²) in [5, 5.41) is 4.08. The zero-order chi connectivity index (χ0) is 19.1. The van der Waals surface area contributed by atoms with Crippen LogP contribution in [-0.4, -0.2) is 6.61 Å². The van der Waals surface area contributed by atoms with E-state index in [-0.39, 0.29) is 0 Å². The molecule has 0 aliphatic rings. The molecule has 0 aliphatic heterocycles. The summed E-state index contributed by atoms with van der Waals surface area (Å²) in [7, 11) is 0. The first-order valence-corrected chi connectivity index (χ1v) is 9.93. The lowest BCUT2D eigenvalue weighted by atomic mass is 10.2. The monoisotopic (exact) mass is 445 g/mol. The van der Waals surface area contributed by atoms with Gasteiger partial charge in [-0.3, -0.25) is 0 Å². The van der Waals surface area contributed by atoms with Gasteiger partial charge in [-0.2, -0.15) is 0 Å². The quantitative estimate of drug-likeness (QED) is 0.418. The van der Waals surface area contributed by atoms with Crippen molar-refractivity contribution in [2.75, 3.05) is 11.9 Å². The minimum absolute atomic E-state index is 0.494. The Morgan fingerprint density at radius 1 is 0.889 bits per heavy atom. The number of hydrogen-bond acceptors (Lipinski definition) is 3. The van der Waals surface area contributed by atoms with Crippen molar-refractivity contribution < 1.29 is 9.47 Å². The summed E-state index contributed by atoms with van der Waals surface area (Å²) >= 11 is 9.47. The van der Waals surface area contributed by atoms with Gasteiger partial charge in [0.25, 0.3) is 0 Å². The van der Waals surface area contributed by atoms with Crippen LogP contribution in [0.25, 0.3) is 0 Å². The standard InChI is InChI=1S/C22H21BrClNO2/c1-2-26-22-12-17(14-25-20-5-3-4-19(24)13-20)8-11-21(22)27-15-16-6-9-18(23)10-7-16/h3-13,25H,2,14-15H2,1H3. The minimum Gasteiger partial charge on any atom is -0.490 e. The first-order chi connectivity index (χ1) is 13.1. The summed E-state index contributed by atoms with van der Waals surface area (Å²) in [6, 6.07) is 21.8. The van der Waals surface area contributed by atoms with E-state index < -0.39 is 0 Å². The van der Waals surface area contributed by atoms with Crippen LogP contribution in [0.3, 0.4) is 0 Å². The van der Waals surface area contributed by atoms with Crippen LogP contribution in [0.15, 0.2) is 71.2 Å². The summed E-state index contributed by atoms with van der Waals surface area (Å²) in [5.41, 5.74) is 3.19. The molecule has 0 saturated carbocycles. The van der Waals surface area contributed by atoms with Gasteiger partial charge < -0.3 is 14.8 Å². The number of benzene rings is 3. The van der Waals surface area contributed by atoms with Crippen LogP contribution < -0.4 is 14.8 Å². The summed E-state index contributed by atoms with van der Waals surface area (Å²) in [4.78, 5) is 0. The molecule has 3 nitrogen and oxygen atoms in total. The van der Waals surface area contributed by atoms with Gasteiger partial charge in [0.05, 0.1) is 6.61 Å². The highest BCUT2D eigenvalue weighted by atomic mass is 79.9. The highest BCUT2D eigenvalue weighted by Gasteiger charge is 2.07. The average molecular weight is 447 g/mol. The zero-order valence-electron chi connectivity index (χ0n) is 15.0. The van der Waals surface area contributed by atoms with Crippen LogP contribution >= 0.6 is 27.5 Å². The summed E-state index contributed by atoms with van der Waals surface area (Å²) in [6.45, 7) is 3.72. The van der Waals surface area contributed by atoms with Crippen molar-refractivity contribution >= 4 is 33.2 Å². The van der Waals surface area contributed by atoms with Crippen LogP contribution in [0, 0.1) is 0 Å². The Hall–Kier alpha value is -2.17. The molecule has 0 fully saturated rings. The Kier molecular flexibility index (Phi) is 7.02. The highest BCUT2D eigenvalue weighted by molar-refractivity contribution is 9.10. The maximum Gasteiger partial charge on any atom is 0.161 e. The fraction of sp³-hybridized carbons (Fsp3) is 0.182. The number of nitrogens with one attached hydrogen (secondary N) is 1. The molecule has 27 heavy (non-hydrogen) atoms. The Bertz CT molecular complexity index is 884. The molecule has 140 valence electrons. The van der Waals surface area contributed by atoms with Crippen molar-refractivity contribution in [3.05, 3.63) is 87.4 Å². The molecule has 0 radical (unpaired) electrons. The highest BCUT2D eigenvalue weighted by Crippen LogP contribution is 2.30. The third-order valence-corrected chi connectivity index (χ3v) is 4.70. The molecule has 0 aromatic heterocycles. The third-order valence-electron chi connectivity index (χ3n) is 3.94. The lowest BCUT2D eigenvalue weighted by molar-refractivity contribution is 0.269. The maximum atomic E-state index is 6.03. The Balaban J connectivity index is 1.67. The molecular formula is C22H21BrClNO2. The third kappa shape index (κ3) is 5.91. The first-order valence-electron chi connectivity index (χ1n) is 8.76. The van der Waals surface area contributed by atoms with Crippen LogP contribution in [0.4, 0.5) is 5.69 Å². The van der Waals surface area contributed by atoms with Gasteiger partial charge >= 0.3 is 0 Å². The molecule has 3 aromatic rings. The molecule has 5 heteroatoms. The molecule has 0 aliphatic carbocycles. The lowest BCUT2D eigenvalue weighted by Gasteiger charge is -2.14. The SMILES string of the molecule is CCOc1cc(CNc2cccc(Cl)c2)ccc1OCc1ccc(Br)cc1. The molecule has 1 N–H and O–H groups in total. The fourth-order valence-corrected chi connectivity index (χ4v) is 3.05. The first kappa shape index (κ1) is 19.6. The van der Waals surface area contributed by atoms with E-state index in [0.29, 0.717) is 24.8 Å². The molecule has 0 heterocycles. The smallest absolute Gasteiger partial charge is 0.161 e. The molecule has 3 rings (SSSR count). The van der Waals surface area contributed by atoms with Crippen LogP contribution in [0.1, 0.15) is 18.1 Å². The van der Waals surface area contributed by atoms with E-state index in [4.69, 9.17) is 21.1 Å². The van der Waals surface area contributed by atoms with Crippen molar-refractivity contribution in [1.29, 1.82) is 0 Å². The number of rotatable bonds is 8. The number of hydrogen-bond donors (Lipinski definition) is 1. The van der Waals surface area contributed by atoms with E-state index in [1.165, 1.54) is 0 Å². The van der Waals surface area contributed by atoms with Gasteiger partial charge in [0.1, 0.15) is 6.61 Å². The van der Waals surface area contributed by atoms with Crippen molar-refractivity contribution in [3.8, 4) is 11.5 Å². The van der Waals surface area contributed by atoms with Gasteiger partial charge in [-0.1, -0.05) is 51.8 Å². The van der Waals surface area contributed by atoms with Gasteiger partial charge in [-0.25, -0.2) is 0 Å². The maximum absolute atomic E-state index is 6.03. The van der Waals surface area contributed by atoms with E-state index in [0.717, 1.165) is 32.8 Å². The molecular weight excluding hydrogens is 426 g/mol. The summed E-state index contributed by atoms with van der Waals surface area (Å²) < 4.78 is 12.8. The van der Waals surface area contributed by atoms with Gasteiger partial charge in [0.2, 0.25) is 0 Å². The second-order valence-electron chi connectivity index (χ2n) is 5.99. The van der Waals surface area contributed by atoms with Crippen molar-refractivity contribution in [2.45, 2.75) is 20.1 Å². The molecule has 0 atom stereocenters. The summed E-state index contributed by atoms with van der Waals surface area (Å²) in [6.07, 6.45) is 0. The van der Waals surface area contributed by atoms with Crippen LogP contribution in [-0.2, 0) is 13.2 Å². The van der Waals surface area contributed by atoms with Gasteiger partial charge in [-0.15, -0.1) is 0 Å². The Morgan fingerprint density at radius 2 is 1.67 bits per heavy atom. The molecule has 3 aromatic carbocycles. The number of halogens is 2. The topological polar surface area (TPSA) is 30.5 Å². The van der Waals surface area contributed by atoms with Gasteiger partial charge in [-0.05, 0) is 60.5 Å². The zero-order valence-corrected chi connectivity index (χ0v) is 17.4. The van der Waals surface area contributed by atoms with Crippen LogP contribution in [0.5, 0.6) is 11.5 Å². The minimum atomic E-state index is 0.494. The van der Waals surface area contributed by atoms with Crippen molar-refractivity contribution in [1.82, 2.24) is 0 Å². The predicted octanol–water partition coefficient (Wildman–Crippen LogP) is 6.69. The lowest BCUT2D eigenvalue weighted by Crippen LogP contribution is -2.03. The summed E-state index contributed by atoms with van der Waals surface area (Å²) in [5.74, 6) is 1.49. The van der Waals surface area contributed by atoms with E-state index in [1.807, 2.05) is 73.7 Å². The van der Waals surface area contributed by atoms with Gasteiger partial charge in [0, 0.05) is 21.7 Å². The number of anilines is 1. The molecule has 0 bridgehead atoms. The second-order valence-corrected chi connectivity index (χ2v) is 7.35. The van der Waals surface area contributed by atoms with Crippen LogP contribution in [0.2, 0.25) is 5.02 Å². The van der Waals surface area contributed by atoms with E-state index >= 15 is 0 Å². The molecule has 0 amide bonds. The Morgan fingerprint density at radius 3 is 2.41 bits per heavy atom. The van der Waals surface area contributed by atoms with E-state index in [9.17, 15) is 0 Å². The average Bonchev–Trinajstić information content (AvgIpc) is 2.67. The largest absolute Gasteiger partial charge is 0.490 e. The normalized spacial score (nSPS) is 10.5. The molecule has 0 spiro atoms. The predicted molar refractivity (Wildman–Crippen MR) is 115 cm³/mol. The fourth-order valence-electron chi connectivity index (χ4n) is 2.59. The second kappa shape index (κ2) is 9.67. The van der Waals surface area contributed by atoms with E-state index in [2.05, 4.69) is 21.2 Å². The van der Waals surface area contributed by atoms with Crippen molar-refractivity contribution in [2.24, 2.45) is 0 Å². The molecule has 0 saturated heterocycles. The van der Waals surface area contributed by atoms with Crippen molar-refractivity contribution in [3.63, 3.8) is 0 Å². The van der Waals surface area contributed by atoms with Gasteiger partial charge in [0.15, 0.2) is 11.5 Å². The molecule has 0 unspecified atom stereocenters. The van der Waals surface area contributed by atoms with E-state index in [1.54, 1.807) is 0 Å². The number of ether oxygens (including phenoxy) is 2.